The minimum absolute atomic E-state index is 0.100. The summed E-state index contributed by atoms with van der Waals surface area (Å²) in [5.41, 5.74) is 18.1. The van der Waals surface area contributed by atoms with Crippen LogP contribution in [0.5, 0.6) is 0 Å². The first kappa shape index (κ1) is 29.7. The number of para-hydroxylation sites is 3. The number of hydrogen-bond acceptors (Lipinski definition) is 2. The molecule has 0 fully saturated rings. The Bertz CT molecular complexity index is 3410. The molecule has 0 aliphatic heterocycles. The first-order chi connectivity index (χ1) is 31.6. The van der Waals surface area contributed by atoms with Crippen molar-refractivity contribution in [1.82, 2.24) is 0 Å². The van der Waals surface area contributed by atoms with E-state index in [1.807, 2.05) is 41.3 Å². The quantitative estimate of drug-likeness (QED) is 0.166. The molecule has 0 saturated heterocycles. The molecule has 0 radical (unpaired) electrons. The van der Waals surface area contributed by atoms with Gasteiger partial charge in [-0.15, -0.1) is 0 Å². The number of nitrogens with zero attached hydrogens (tertiary/aromatic N) is 2. The Morgan fingerprint density at radius 3 is 1.53 bits per heavy atom. The zero-order valence-corrected chi connectivity index (χ0v) is 33.3. The fraction of sp³-hybridized carbons (Fsp3) is 0.0690. The average molecular weight is 772 g/mol. The summed E-state index contributed by atoms with van der Waals surface area (Å²) < 4.78 is 44.0. The summed E-state index contributed by atoms with van der Waals surface area (Å²) in [5.74, 6) is 0. The van der Waals surface area contributed by atoms with Gasteiger partial charge in [0, 0.05) is 33.9 Å². The maximum atomic E-state index is 9.13. The van der Waals surface area contributed by atoms with Crippen LogP contribution < -0.4 is 9.80 Å². The largest absolute Gasteiger partial charge is 0.310 e. The lowest BCUT2D eigenvalue weighted by molar-refractivity contribution is 0.661. The summed E-state index contributed by atoms with van der Waals surface area (Å²) in [6.07, 6.45) is 0. The topological polar surface area (TPSA) is 6.48 Å². The molecule has 12 rings (SSSR count). The lowest BCUT2D eigenvalue weighted by Gasteiger charge is -2.33. The summed E-state index contributed by atoms with van der Waals surface area (Å²) in [4.78, 5) is 4.24. The molecule has 0 bridgehead atoms. The van der Waals surface area contributed by atoms with Crippen LogP contribution in [0.2, 0.25) is 0 Å². The molecule has 2 nitrogen and oxygen atoms in total. The standard InChI is InChI=1S/C58H42N2/c1-57(2)50-29-15-12-26-45(50)48-28-18-32-55(56(48)57)60(41-23-10-5-11-24-41)42-34-36-53-49(37-42)46-27-14-17-31-52(46)58(53)51-30-16-13-25-44(51)47-35-33-43(38-54(47)58)59(39-19-6-3-7-20-39)40-21-8-4-9-22-40/h3-38H,1-2H3/i3D,6D,7D,19D,20D. The van der Waals surface area contributed by atoms with Gasteiger partial charge in [-0.2, -0.15) is 0 Å². The van der Waals surface area contributed by atoms with Crippen LogP contribution in [0.15, 0.2) is 218 Å². The molecule has 0 N–H and O–H groups in total. The van der Waals surface area contributed by atoms with E-state index in [-0.39, 0.29) is 35.3 Å². The number of fused-ring (bicyclic) bond motifs is 13. The van der Waals surface area contributed by atoms with Gasteiger partial charge in [-0.3, -0.25) is 0 Å². The molecule has 60 heavy (non-hydrogen) atoms. The van der Waals surface area contributed by atoms with E-state index in [4.69, 9.17) is 6.85 Å². The Hall–Kier alpha value is -7.42. The molecule has 9 aromatic rings. The Labute approximate surface area is 359 Å². The number of anilines is 6. The highest BCUT2D eigenvalue weighted by Crippen LogP contribution is 2.64. The normalized spacial score (nSPS) is 16.9. The van der Waals surface area contributed by atoms with Gasteiger partial charge < -0.3 is 9.80 Å². The van der Waals surface area contributed by atoms with Crippen LogP contribution in [0, 0.1) is 0 Å². The van der Waals surface area contributed by atoms with Gasteiger partial charge in [0.05, 0.1) is 18.0 Å². The Balaban J connectivity index is 1.10. The third-order valence-corrected chi connectivity index (χ3v) is 13.1. The monoisotopic (exact) mass is 771 g/mol. The Morgan fingerprint density at radius 2 is 0.850 bits per heavy atom. The molecule has 2 heteroatoms. The molecule has 9 aromatic carbocycles. The molecule has 284 valence electrons. The van der Waals surface area contributed by atoms with E-state index in [0.29, 0.717) is 11.4 Å². The molecular weight excluding hydrogens is 725 g/mol. The Morgan fingerprint density at radius 1 is 0.350 bits per heavy atom. The molecule has 0 saturated carbocycles. The minimum Gasteiger partial charge on any atom is -0.310 e. The first-order valence-electron chi connectivity index (χ1n) is 23.1. The lowest BCUT2D eigenvalue weighted by atomic mass is 9.70. The van der Waals surface area contributed by atoms with E-state index >= 15 is 0 Å². The van der Waals surface area contributed by atoms with Crippen LogP contribution >= 0.6 is 0 Å². The third kappa shape index (κ3) is 4.76. The van der Waals surface area contributed by atoms with Crippen molar-refractivity contribution in [3.8, 4) is 33.4 Å². The summed E-state index contributed by atoms with van der Waals surface area (Å²) in [6.45, 7) is 4.68. The Kier molecular flexibility index (Phi) is 6.47. The zero-order valence-electron chi connectivity index (χ0n) is 38.3. The van der Waals surface area contributed by atoms with Crippen LogP contribution in [-0.4, -0.2) is 0 Å². The fourth-order valence-electron chi connectivity index (χ4n) is 10.7. The highest BCUT2D eigenvalue weighted by atomic mass is 15.2. The van der Waals surface area contributed by atoms with Gasteiger partial charge in [0.1, 0.15) is 0 Å². The highest BCUT2D eigenvalue weighted by molar-refractivity contribution is 5.98. The van der Waals surface area contributed by atoms with Crippen LogP contribution in [0.3, 0.4) is 0 Å². The zero-order chi connectivity index (χ0) is 44.4. The van der Waals surface area contributed by atoms with Gasteiger partial charge in [0.2, 0.25) is 0 Å². The molecule has 1 atom stereocenters. The van der Waals surface area contributed by atoms with Crippen molar-refractivity contribution in [3.05, 3.63) is 252 Å². The van der Waals surface area contributed by atoms with Crippen LogP contribution in [0.25, 0.3) is 33.4 Å². The average Bonchev–Trinajstić information content (AvgIpc) is 3.90. The smallest absolute Gasteiger partial charge is 0.0726 e. The van der Waals surface area contributed by atoms with Crippen molar-refractivity contribution in [2.75, 3.05) is 9.80 Å². The number of rotatable bonds is 6. The predicted octanol–water partition coefficient (Wildman–Crippen LogP) is 15.3. The van der Waals surface area contributed by atoms with Crippen LogP contribution in [0.4, 0.5) is 34.1 Å². The SMILES string of the molecule is [2H]c1c([2H])c([2H])c(N(c2ccccc2)c2ccc3c(c2)C2(c4ccccc4-c4cc(N(c5ccccc5)c5cccc6c5C(C)(C)c5ccccc5-6)ccc42)c2ccccc2-3)c([2H])c1[2H]. The summed E-state index contributed by atoms with van der Waals surface area (Å²) >= 11 is 0. The summed E-state index contributed by atoms with van der Waals surface area (Å²) in [6, 6.07) is 64.8. The van der Waals surface area contributed by atoms with Crippen molar-refractivity contribution in [3.63, 3.8) is 0 Å². The number of benzene rings is 9. The van der Waals surface area contributed by atoms with Gasteiger partial charge in [-0.05, 0) is 133 Å². The minimum atomic E-state index is -0.719. The molecule has 0 amide bonds. The second kappa shape index (κ2) is 13.0. The van der Waals surface area contributed by atoms with Crippen molar-refractivity contribution < 1.29 is 6.85 Å². The molecule has 0 aromatic heterocycles. The van der Waals surface area contributed by atoms with Gasteiger partial charge in [0.15, 0.2) is 0 Å². The maximum Gasteiger partial charge on any atom is 0.0726 e. The van der Waals surface area contributed by atoms with E-state index in [9.17, 15) is 0 Å². The highest BCUT2D eigenvalue weighted by Gasteiger charge is 2.52. The lowest BCUT2D eigenvalue weighted by Crippen LogP contribution is -2.26. The van der Waals surface area contributed by atoms with Crippen LogP contribution in [-0.2, 0) is 10.8 Å². The summed E-state index contributed by atoms with van der Waals surface area (Å²) in [5, 5.41) is 0. The van der Waals surface area contributed by atoms with Crippen molar-refractivity contribution in [2.45, 2.75) is 24.7 Å². The van der Waals surface area contributed by atoms with E-state index in [2.05, 4.69) is 170 Å². The van der Waals surface area contributed by atoms with Crippen molar-refractivity contribution >= 4 is 34.1 Å². The van der Waals surface area contributed by atoms with E-state index < -0.39 is 11.5 Å². The van der Waals surface area contributed by atoms with Crippen molar-refractivity contribution in [2.24, 2.45) is 0 Å². The summed E-state index contributed by atoms with van der Waals surface area (Å²) in [7, 11) is 0. The second-order valence-corrected chi connectivity index (χ2v) is 16.5. The molecule has 0 heterocycles. The van der Waals surface area contributed by atoms with E-state index in [0.717, 1.165) is 44.9 Å². The van der Waals surface area contributed by atoms with Gasteiger partial charge >= 0.3 is 0 Å². The fourth-order valence-corrected chi connectivity index (χ4v) is 10.7. The molecule has 3 aliphatic carbocycles. The molecule has 1 spiro atoms. The van der Waals surface area contributed by atoms with Gasteiger partial charge in [-0.1, -0.05) is 165 Å². The first-order valence-corrected chi connectivity index (χ1v) is 20.6. The molecular formula is C58H42N2. The molecule has 3 aliphatic rings. The number of hydrogen-bond donors (Lipinski definition) is 0. The molecule has 1 unspecified atom stereocenters. The van der Waals surface area contributed by atoms with Gasteiger partial charge in [0.25, 0.3) is 0 Å². The third-order valence-electron chi connectivity index (χ3n) is 13.1. The second-order valence-electron chi connectivity index (χ2n) is 16.5. The van der Waals surface area contributed by atoms with E-state index in [1.54, 1.807) is 0 Å². The van der Waals surface area contributed by atoms with E-state index in [1.165, 1.54) is 38.9 Å². The maximum absolute atomic E-state index is 9.13. The van der Waals surface area contributed by atoms with Gasteiger partial charge in [-0.25, -0.2) is 0 Å². The van der Waals surface area contributed by atoms with Crippen molar-refractivity contribution in [1.29, 1.82) is 0 Å². The van der Waals surface area contributed by atoms with Crippen LogP contribution in [0.1, 0.15) is 54.1 Å². The predicted molar refractivity (Wildman–Crippen MR) is 250 cm³/mol.